The van der Waals surface area contributed by atoms with Gasteiger partial charge in [0, 0.05) is 15.6 Å². The number of halogens is 2. The predicted molar refractivity (Wildman–Crippen MR) is 88.8 cm³/mol. The van der Waals surface area contributed by atoms with Crippen molar-refractivity contribution in [3.63, 3.8) is 0 Å². The Morgan fingerprint density at radius 3 is 2.57 bits per heavy atom. The number of benzene rings is 1. The molecule has 4 heteroatoms. The molecule has 1 aliphatic rings. The van der Waals surface area contributed by atoms with Crippen molar-refractivity contribution in [2.24, 2.45) is 11.7 Å². The predicted octanol–water partition coefficient (Wildman–Crippen LogP) is 4.66. The molecule has 2 atom stereocenters. The second-order valence-corrected chi connectivity index (χ2v) is 6.20. The molecule has 1 aliphatic carbocycles. The van der Waals surface area contributed by atoms with Gasteiger partial charge in [0.1, 0.15) is 0 Å². The number of allylic oxidation sites excluding steroid dienone is 3. The van der Waals surface area contributed by atoms with E-state index in [1.807, 2.05) is 38.1 Å². The molecule has 2 nitrogen and oxygen atoms in total. The Balaban J connectivity index is 2.55. The van der Waals surface area contributed by atoms with Crippen molar-refractivity contribution in [2.75, 3.05) is 0 Å². The number of hydrogen-bond acceptors (Lipinski definition) is 2. The van der Waals surface area contributed by atoms with Gasteiger partial charge in [-0.1, -0.05) is 59.1 Å². The molecule has 108 valence electrons. The molecule has 2 N–H and O–H groups in total. The highest BCUT2D eigenvalue weighted by Gasteiger charge is 2.34. The lowest BCUT2D eigenvalue weighted by atomic mass is 9.78. The topological polar surface area (TPSA) is 49.8 Å². The van der Waals surface area contributed by atoms with Gasteiger partial charge >= 0.3 is 0 Å². The molecule has 0 aliphatic heterocycles. The second-order valence-electron chi connectivity index (χ2n) is 5.38. The largest absolute Gasteiger partial charge is 0.317 e. The molecule has 1 aromatic carbocycles. The maximum absolute atomic E-state index is 9.45. The molecule has 1 aromatic rings. The van der Waals surface area contributed by atoms with Crippen LogP contribution in [0.1, 0.15) is 19.4 Å². The van der Waals surface area contributed by atoms with E-state index < -0.39 is 11.5 Å². The van der Waals surface area contributed by atoms with Gasteiger partial charge in [0.05, 0.1) is 17.5 Å². The van der Waals surface area contributed by atoms with Crippen LogP contribution in [0.3, 0.4) is 0 Å². The van der Waals surface area contributed by atoms with Crippen LogP contribution in [0, 0.1) is 17.2 Å². The van der Waals surface area contributed by atoms with E-state index in [1.165, 1.54) is 0 Å². The van der Waals surface area contributed by atoms with Crippen molar-refractivity contribution < 1.29 is 0 Å². The van der Waals surface area contributed by atoms with Gasteiger partial charge in [-0.3, -0.25) is 0 Å². The SMILES string of the molecule is CC(C)=CC1(N)C=C(Cl)C(c2ccccc2Cl)=CC1C#N. The van der Waals surface area contributed by atoms with E-state index in [-0.39, 0.29) is 0 Å². The molecule has 0 amide bonds. The lowest BCUT2D eigenvalue weighted by molar-refractivity contribution is 0.558. The number of nitrogens with zero attached hydrogens (tertiary/aromatic N) is 1. The molecule has 0 heterocycles. The fourth-order valence-corrected chi connectivity index (χ4v) is 3.05. The van der Waals surface area contributed by atoms with E-state index >= 15 is 0 Å². The van der Waals surface area contributed by atoms with Crippen molar-refractivity contribution in [3.05, 3.63) is 63.7 Å². The summed E-state index contributed by atoms with van der Waals surface area (Å²) in [6, 6.07) is 9.66. The van der Waals surface area contributed by atoms with Crippen LogP contribution in [-0.4, -0.2) is 5.54 Å². The first-order valence-corrected chi connectivity index (χ1v) is 7.33. The first kappa shape index (κ1) is 15.9. The molecule has 0 fully saturated rings. The van der Waals surface area contributed by atoms with Crippen LogP contribution < -0.4 is 5.73 Å². The third kappa shape index (κ3) is 3.22. The van der Waals surface area contributed by atoms with Crippen molar-refractivity contribution in [3.8, 4) is 6.07 Å². The average molecular weight is 319 g/mol. The summed E-state index contributed by atoms with van der Waals surface area (Å²) in [7, 11) is 0. The lowest BCUT2D eigenvalue weighted by Gasteiger charge is -2.31. The van der Waals surface area contributed by atoms with E-state index in [0.717, 1.165) is 16.7 Å². The quantitative estimate of drug-likeness (QED) is 0.806. The number of rotatable bonds is 2. The van der Waals surface area contributed by atoms with Crippen LogP contribution in [0.15, 0.2) is 53.1 Å². The number of hydrogen-bond donors (Lipinski definition) is 1. The van der Waals surface area contributed by atoms with Gasteiger partial charge in [0.15, 0.2) is 0 Å². The van der Waals surface area contributed by atoms with Gasteiger partial charge in [0.25, 0.3) is 0 Å². The Morgan fingerprint density at radius 2 is 2.00 bits per heavy atom. The highest BCUT2D eigenvalue weighted by atomic mass is 35.5. The Hall–Kier alpha value is -1.53. The fraction of sp³-hybridized carbons (Fsp3) is 0.235. The lowest BCUT2D eigenvalue weighted by Crippen LogP contribution is -2.44. The van der Waals surface area contributed by atoms with Crippen LogP contribution in [0.2, 0.25) is 5.02 Å². The minimum atomic E-state index is -0.893. The van der Waals surface area contributed by atoms with E-state index in [2.05, 4.69) is 6.07 Å². The number of nitrogens with two attached hydrogens (primary N) is 1. The van der Waals surface area contributed by atoms with Gasteiger partial charge < -0.3 is 5.73 Å². The average Bonchev–Trinajstić information content (AvgIpc) is 2.39. The van der Waals surface area contributed by atoms with Crippen molar-refractivity contribution in [1.82, 2.24) is 0 Å². The normalized spacial score (nSPS) is 24.7. The summed E-state index contributed by atoms with van der Waals surface area (Å²) in [6.07, 6.45) is 5.39. The Bertz CT molecular complexity index is 691. The van der Waals surface area contributed by atoms with Crippen molar-refractivity contribution in [2.45, 2.75) is 19.4 Å². The Morgan fingerprint density at radius 1 is 1.33 bits per heavy atom. The van der Waals surface area contributed by atoms with Crippen LogP contribution in [0.4, 0.5) is 0 Å². The third-order valence-electron chi connectivity index (χ3n) is 3.35. The highest BCUT2D eigenvalue weighted by Crippen LogP contribution is 2.39. The van der Waals surface area contributed by atoms with Crippen LogP contribution >= 0.6 is 23.2 Å². The van der Waals surface area contributed by atoms with E-state index in [9.17, 15) is 5.26 Å². The molecule has 0 saturated heterocycles. The van der Waals surface area contributed by atoms with Crippen molar-refractivity contribution in [1.29, 1.82) is 5.26 Å². The van der Waals surface area contributed by atoms with Gasteiger partial charge in [-0.2, -0.15) is 5.26 Å². The fourth-order valence-electron chi connectivity index (χ4n) is 2.46. The molecule has 2 rings (SSSR count). The summed E-state index contributed by atoms with van der Waals surface area (Å²) in [6.45, 7) is 3.89. The molecular formula is C17H16Cl2N2. The smallest absolute Gasteiger partial charge is 0.0905 e. The van der Waals surface area contributed by atoms with Crippen LogP contribution in [0.25, 0.3) is 5.57 Å². The zero-order valence-corrected chi connectivity index (χ0v) is 13.4. The van der Waals surface area contributed by atoms with Gasteiger partial charge in [-0.15, -0.1) is 0 Å². The summed E-state index contributed by atoms with van der Waals surface area (Å²) in [5.41, 5.74) is 8.04. The van der Waals surface area contributed by atoms with Crippen LogP contribution in [-0.2, 0) is 0 Å². The minimum absolute atomic E-state index is 0.499. The van der Waals surface area contributed by atoms with E-state index in [4.69, 9.17) is 28.9 Å². The van der Waals surface area contributed by atoms with Crippen LogP contribution in [0.5, 0.6) is 0 Å². The Kier molecular flexibility index (Phi) is 4.58. The maximum Gasteiger partial charge on any atom is 0.0905 e. The second kappa shape index (κ2) is 6.07. The van der Waals surface area contributed by atoms with E-state index in [0.29, 0.717) is 10.1 Å². The molecule has 0 radical (unpaired) electrons. The summed E-state index contributed by atoms with van der Waals surface area (Å²) < 4.78 is 0. The van der Waals surface area contributed by atoms with Crippen molar-refractivity contribution >= 4 is 28.8 Å². The highest BCUT2D eigenvalue weighted by molar-refractivity contribution is 6.39. The molecule has 2 unspecified atom stereocenters. The first-order chi connectivity index (χ1) is 9.87. The molecule has 0 bridgehead atoms. The Labute approximate surface area is 135 Å². The summed E-state index contributed by atoms with van der Waals surface area (Å²) >= 11 is 12.6. The zero-order chi connectivity index (χ0) is 15.6. The maximum atomic E-state index is 9.45. The number of nitriles is 1. The molecule has 0 spiro atoms. The van der Waals surface area contributed by atoms with E-state index in [1.54, 1.807) is 18.2 Å². The summed E-state index contributed by atoms with van der Waals surface area (Å²) in [5.74, 6) is -0.499. The zero-order valence-electron chi connectivity index (χ0n) is 11.9. The minimum Gasteiger partial charge on any atom is -0.317 e. The standard InChI is InChI=1S/C17H16Cl2N2/c1-11(2)8-17(21)9-16(19)14(7-12(17)10-20)13-5-3-4-6-15(13)18/h3-9,12H,21H2,1-2H3. The van der Waals surface area contributed by atoms with Gasteiger partial charge in [0.2, 0.25) is 0 Å². The summed E-state index contributed by atoms with van der Waals surface area (Å²) in [5, 5.41) is 10.6. The first-order valence-electron chi connectivity index (χ1n) is 6.57. The molecule has 21 heavy (non-hydrogen) atoms. The molecule has 0 saturated carbocycles. The van der Waals surface area contributed by atoms with Gasteiger partial charge in [-0.05, 0) is 31.6 Å². The third-order valence-corrected chi connectivity index (χ3v) is 3.99. The van der Waals surface area contributed by atoms with Gasteiger partial charge in [-0.25, -0.2) is 0 Å². The molecule has 0 aromatic heterocycles. The molecular weight excluding hydrogens is 303 g/mol. The monoisotopic (exact) mass is 318 g/mol. The summed E-state index contributed by atoms with van der Waals surface area (Å²) in [4.78, 5) is 0.